The van der Waals surface area contributed by atoms with Crippen LogP contribution in [0.15, 0.2) is 42.5 Å². The van der Waals surface area contributed by atoms with E-state index in [0.717, 1.165) is 48.6 Å². The van der Waals surface area contributed by atoms with Gasteiger partial charge < -0.3 is 36.3 Å². The molecule has 1 unspecified atom stereocenters. The predicted molar refractivity (Wildman–Crippen MR) is 108 cm³/mol. The van der Waals surface area contributed by atoms with E-state index in [2.05, 4.69) is 9.48 Å². The molecular formula is C22H27BrN2O4. The van der Waals surface area contributed by atoms with Crippen molar-refractivity contribution in [1.29, 1.82) is 0 Å². The fourth-order valence-electron chi connectivity index (χ4n) is 4.23. The summed E-state index contributed by atoms with van der Waals surface area (Å²) in [4.78, 5) is 2.22. The van der Waals surface area contributed by atoms with Gasteiger partial charge in [0.25, 0.3) is 11.6 Å². The maximum absolute atomic E-state index is 11.8. The van der Waals surface area contributed by atoms with Crippen molar-refractivity contribution in [1.82, 2.24) is 0 Å². The van der Waals surface area contributed by atoms with E-state index < -0.39 is 5.72 Å². The zero-order chi connectivity index (χ0) is 19.7. The largest absolute Gasteiger partial charge is 1.00 e. The van der Waals surface area contributed by atoms with Crippen molar-refractivity contribution >= 4 is 11.5 Å². The van der Waals surface area contributed by atoms with E-state index in [1.165, 1.54) is 0 Å². The van der Waals surface area contributed by atoms with E-state index in [4.69, 9.17) is 14.2 Å². The maximum Gasteiger partial charge on any atom is 0.271 e. The Balaban J connectivity index is 0.00000240. The standard InChI is InChI=1S/C22H27N2O4.BrH/c1-26-18-10-8-17(9-11-18)23-15-22(25,24-13-5-4-6-21(23)24)16-7-12-19(27-2)20(14-16)28-3;/h7-12,14,25H,4-6,13,15H2,1-3H3;1H/q+1;/p-1. The van der Waals surface area contributed by atoms with Gasteiger partial charge in [-0.1, -0.05) is 0 Å². The molecule has 0 amide bonds. The topological polar surface area (TPSA) is 54.2 Å². The fraction of sp³-hybridized carbons (Fsp3) is 0.409. The van der Waals surface area contributed by atoms with Crippen LogP contribution >= 0.6 is 0 Å². The third-order valence-corrected chi connectivity index (χ3v) is 5.71. The van der Waals surface area contributed by atoms with Gasteiger partial charge in [-0.05, 0) is 55.3 Å². The van der Waals surface area contributed by atoms with Gasteiger partial charge in [-0.25, -0.2) is 9.48 Å². The second-order valence-corrected chi connectivity index (χ2v) is 7.20. The van der Waals surface area contributed by atoms with Crippen LogP contribution in [-0.2, 0) is 5.72 Å². The van der Waals surface area contributed by atoms with Crippen LogP contribution in [0, 0.1) is 0 Å². The van der Waals surface area contributed by atoms with Crippen LogP contribution in [0.25, 0.3) is 0 Å². The van der Waals surface area contributed by atoms with Gasteiger partial charge in [0.05, 0.1) is 27.9 Å². The normalized spacial score (nSPS) is 20.8. The quantitative estimate of drug-likeness (QED) is 0.632. The molecule has 7 heteroatoms. The summed E-state index contributed by atoms with van der Waals surface area (Å²) >= 11 is 0. The number of anilines is 1. The predicted octanol–water partition coefficient (Wildman–Crippen LogP) is -0.0234. The van der Waals surface area contributed by atoms with Crippen LogP contribution in [0.3, 0.4) is 0 Å². The molecule has 156 valence electrons. The van der Waals surface area contributed by atoms with Gasteiger partial charge >= 0.3 is 0 Å². The molecule has 29 heavy (non-hydrogen) atoms. The molecule has 4 rings (SSSR count). The first-order valence-electron chi connectivity index (χ1n) is 9.60. The average molecular weight is 463 g/mol. The van der Waals surface area contributed by atoms with Gasteiger partial charge in [-0.2, -0.15) is 0 Å². The third kappa shape index (κ3) is 3.69. The number of hydrogen-bond acceptors (Lipinski definition) is 5. The lowest BCUT2D eigenvalue weighted by molar-refractivity contribution is -0.661. The molecule has 0 aliphatic carbocycles. The zero-order valence-electron chi connectivity index (χ0n) is 17.0. The van der Waals surface area contributed by atoms with Crippen molar-refractivity contribution in [3.8, 4) is 17.2 Å². The highest BCUT2D eigenvalue weighted by Gasteiger charge is 2.52. The summed E-state index contributed by atoms with van der Waals surface area (Å²) in [7, 11) is 4.89. The number of halogens is 1. The molecule has 0 saturated heterocycles. The number of nitrogens with zero attached hydrogens (tertiary/aromatic N) is 2. The van der Waals surface area contributed by atoms with E-state index in [0.29, 0.717) is 18.0 Å². The molecule has 2 heterocycles. The van der Waals surface area contributed by atoms with E-state index >= 15 is 0 Å². The molecule has 0 aromatic heterocycles. The molecule has 2 aromatic rings. The first kappa shape index (κ1) is 21.5. The van der Waals surface area contributed by atoms with Gasteiger partial charge in [0.1, 0.15) is 11.4 Å². The molecule has 0 radical (unpaired) electrons. The minimum Gasteiger partial charge on any atom is -1.00 e. The lowest BCUT2D eigenvalue weighted by atomic mass is 10.0. The molecule has 0 spiro atoms. The smallest absolute Gasteiger partial charge is 0.271 e. The Morgan fingerprint density at radius 3 is 2.31 bits per heavy atom. The van der Waals surface area contributed by atoms with Crippen molar-refractivity contribution in [2.24, 2.45) is 0 Å². The lowest BCUT2D eigenvalue weighted by Gasteiger charge is -2.25. The summed E-state index contributed by atoms with van der Waals surface area (Å²) < 4.78 is 18.2. The maximum atomic E-state index is 11.8. The van der Waals surface area contributed by atoms with Crippen molar-refractivity contribution in [3.63, 3.8) is 0 Å². The Morgan fingerprint density at radius 2 is 1.66 bits per heavy atom. The van der Waals surface area contributed by atoms with Gasteiger partial charge in [0.2, 0.25) is 0 Å². The Morgan fingerprint density at radius 1 is 0.931 bits per heavy atom. The van der Waals surface area contributed by atoms with Crippen molar-refractivity contribution in [3.05, 3.63) is 48.0 Å². The summed E-state index contributed by atoms with van der Waals surface area (Å²) in [5, 5.41) is 11.8. The van der Waals surface area contributed by atoms with E-state index in [1.807, 2.05) is 42.5 Å². The van der Waals surface area contributed by atoms with Crippen molar-refractivity contribution < 1.29 is 40.9 Å². The Hall–Kier alpha value is -2.25. The number of aliphatic hydroxyl groups is 1. The summed E-state index contributed by atoms with van der Waals surface area (Å²) in [5.41, 5.74) is 0.745. The van der Waals surface area contributed by atoms with Crippen molar-refractivity contribution in [2.75, 3.05) is 39.3 Å². The van der Waals surface area contributed by atoms with Crippen molar-refractivity contribution in [2.45, 2.75) is 25.0 Å². The van der Waals surface area contributed by atoms with Gasteiger partial charge in [-0.15, -0.1) is 0 Å². The molecular weight excluding hydrogens is 436 g/mol. The van der Waals surface area contributed by atoms with Crippen LogP contribution in [0.1, 0.15) is 24.8 Å². The number of β-amino-alcohol motifs (C(OH)–C–C–N with tert-alkyl or cyclic N) is 1. The number of hydrogen-bond donors (Lipinski definition) is 1. The second kappa shape index (κ2) is 8.63. The lowest BCUT2D eigenvalue weighted by Crippen LogP contribution is -3.00. The van der Waals surface area contributed by atoms with Crippen LogP contribution in [0.4, 0.5) is 5.69 Å². The fourth-order valence-corrected chi connectivity index (χ4v) is 4.23. The van der Waals surface area contributed by atoms with Gasteiger partial charge in [-0.3, -0.25) is 0 Å². The summed E-state index contributed by atoms with van der Waals surface area (Å²) in [6, 6.07) is 13.6. The zero-order valence-corrected chi connectivity index (χ0v) is 18.6. The number of ether oxygens (including phenoxy) is 3. The molecule has 0 fully saturated rings. The number of rotatable bonds is 5. The Kier molecular flexibility index (Phi) is 6.39. The van der Waals surface area contributed by atoms with E-state index in [-0.39, 0.29) is 17.0 Å². The van der Waals surface area contributed by atoms with Crippen LogP contribution in [-0.4, -0.2) is 49.9 Å². The minimum absolute atomic E-state index is 0. The van der Waals surface area contributed by atoms with Crippen LogP contribution < -0.4 is 36.1 Å². The molecule has 2 aliphatic heterocycles. The van der Waals surface area contributed by atoms with Crippen LogP contribution in [0.5, 0.6) is 17.2 Å². The second-order valence-electron chi connectivity index (χ2n) is 7.20. The van der Waals surface area contributed by atoms with Gasteiger partial charge in [0.15, 0.2) is 18.0 Å². The highest BCUT2D eigenvalue weighted by molar-refractivity contribution is 5.96. The molecule has 1 N–H and O–H groups in total. The Labute approximate surface area is 182 Å². The van der Waals surface area contributed by atoms with E-state index in [1.54, 1.807) is 21.3 Å². The average Bonchev–Trinajstić information content (AvgIpc) is 3.07. The number of benzene rings is 2. The summed E-state index contributed by atoms with van der Waals surface area (Å²) in [5.74, 6) is 3.26. The SMILES string of the molecule is COc1ccc(N2CC(O)(c3ccc(OC)c(OC)c3)[N+]3=C2CCCC3)cc1.[Br-]. The Bertz CT molecular complexity index is 900. The number of methoxy groups -OCH3 is 3. The van der Waals surface area contributed by atoms with E-state index in [9.17, 15) is 5.11 Å². The highest BCUT2D eigenvalue weighted by atomic mass is 79.9. The summed E-state index contributed by atoms with van der Waals surface area (Å²) in [6.45, 7) is 1.29. The highest BCUT2D eigenvalue weighted by Crippen LogP contribution is 2.39. The van der Waals surface area contributed by atoms with Crippen LogP contribution in [0.2, 0.25) is 0 Å². The molecule has 0 saturated carbocycles. The number of amidine groups is 1. The molecule has 1 atom stereocenters. The molecule has 6 nitrogen and oxygen atoms in total. The minimum atomic E-state index is -1.12. The monoisotopic (exact) mass is 462 g/mol. The first-order valence-corrected chi connectivity index (χ1v) is 9.60. The van der Waals surface area contributed by atoms with Gasteiger partial charge in [0, 0.05) is 12.0 Å². The molecule has 0 bridgehead atoms. The first-order chi connectivity index (χ1) is 13.6. The summed E-state index contributed by atoms with van der Waals surface area (Å²) in [6.07, 6.45) is 3.14. The molecule has 2 aromatic carbocycles. The molecule has 2 aliphatic rings. The third-order valence-electron chi connectivity index (χ3n) is 5.71.